The molecular formula is C26H34N4O5. The number of anilines is 2. The third-order valence-corrected chi connectivity index (χ3v) is 5.89. The summed E-state index contributed by atoms with van der Waals surface area (Å²) in [4.78, 5) is 40.4. The summed E-state index contributed by atoms with van der Waals surface area (Å²) in [7, 11) is 0. The average molecular weight is 483 g/mol. The Hall–Kier alpha value is -3.59. The first-order valence-corrected chi connectivity index (χ1v) is 11.9. The number of nitrogens with zero attached hydrogens (tertiary/aromatic N) is 2. The summed E-state index contributed by atoms with van der Waals surface area (Å²) in [6, 6.07) is 12.7. The van der Waals surface area contributed by atoms with Gasteiger partial charge in [-0.1, -0.05) is 0 Å². The lowest BCUT2D eigenvalue weighted by atomic mass is 10.1. The number of carbonyl (C=O) groups excluding carboxylic acids is 3. The number of carbonyl (C=O) groups is 3. The second-order valence-electron chi connectivity index (χ2n) is 8.23. The van der Waals surface area contributed by atoms with Gasteiger partial charge in [0.05, 0.1) is 0 Å². The van der Waals surface area contributed by atoms with Crippen molar-refractivity contribution in [1.82, 2.24) is 10.2 Å². The largest absolute Gasteiger partial charge is 0.482 e. The van der Waals surface area contributed by atoms with E-state index in [1.807, 2.05) is 45.0 Å². The second kappa shape index (κ2) is 12.8. The van der Waals surface area contributed by atoms with E-state index in [0.29, 0.717) is 30.1 Å². The van der Waals surface area contributed by atoms with Crippen LogP contribution in [0.4, 0.5) is 11.4 Å². The van der Waals surface area contributed by atoms with Crippen molar-refractivity contribution < 1.29 is 23.9 Å². The average Bonchev–Trinajstić information content (AvgIpc) is 2.89. The van der Waals surface area contributed by atoms with Crippen molar-refractivity contribution in [2.45, 2.75) is 20.8 Å². The van der Waals surface area contributed by atoms with E-state index >= 15 is 0 Å². The zero-order valence-electron chi connectivity index (χ0n) is 20.6. The van der Waals surface area contributed by atoms with Gasteiger partial charge in [-0.05, 0) is 68.8 Å². The Morgan fingerprint density at radius 3 is 2.31 bits per heavy atom. The van der Waals surface area contributed by atoms with Crippen LogP contribution in [0.5, 0.6) is 5.75 Å². The zero-order chi connectivity index (χ0) is 25.2. The molecule has 0 aliphatic carbocycles. The number of aryl methyl sites for hydroxylation is 1. The van der Waals surface area contributed by atoms with Gasteiger partial charge in [0.25, 0.3) is 11.8 Å². The lowest BCUT2D eigenvalue weighted by molar-refractivity contribution is -0.153. The molecule has 0 spiro atoms. The maximum absolute atomic E-state index is 12.7. The third-order valence-electron chi connectivity index (χ3n) is 5.89. The smallest absolute Gasteiger partial charge is 0.344 e. The van der Waals surface area contributed by atoms with Crippen molar-refractivity contribution in [1.29, 1.82) is 0 Å². The van der Waals surface area contributed by atoms with Crippen molar-refractivity contribution in [3.05, 3.63) is 53.6 Å². The summed E-state index contributed by atoms with van der Waals surface area (Å²) < 4.78 is 10.5. The summed E-state index contributed by atoms with van der Waals surface area (Å²) in [5, 5.41) is 6.25. The fraction of sp³-hybridized carbons (Fsp3) is 0.423. The molecule has 0 atom stereocenters. The Balaban J connectivity index is 1.49. The molecule has 9 heteroatoms. The lowest BCUT2D eigenvalue weighted by Crippen LogP contribution is -2.43. The molecule has 0 bridgehead atoms. The van der Waals surface area contributed by atoms with Gasteiger partial charge in [0.2, 0.25) is 0 Å². The minimum atomic E-state index is -0.621. The summed E-state index contributed by atoms with van der Waals surface area (Å²) >= 11 is 0. The highest BCUT2D eigenvalue weighted by Gasteiger charge is 2.15. The Morgan fingerprint density at radius 2 is 1.69 bits per heavy atom. The summed E-state index contributed by atoms with van der Waals surface area (Å²) in [5.74, 6) is -0.592. The maximum atomic E-state index is 12.7. The minimum absolute atomic E-state index is 0.199. The van der Waals surface area contributed by atoms with E-state index < -0.39 is 5.97 Å². The summed E-state index contributed by atoms with van der Waals surface area (Å²) in [6.07, 6.45) is 0. The predicted octanol–water partition coefficient (Wildman–Crippen LogP) is 2.45. The molecule has 9 nitrogen and oxygen atoms in total. The molecule has 35 heavy (non-hydrogen) atoms. The number of likely N-dealkylation sites (N-methyl/N-ethyl adjacent to an activating group) is 1. The number of esters is 1. The van der Waals surface area contributed by atoms with Gasteiger partial charge in [-0.2, -0.15) is 0 Å². The van der Waals surface area contributed by atoms with Gasteiger partial charge in [0, 0.05) is 56.2 Å². The van der Waals surface area contributed by atoms with E-state index in [2.05, 4.69) is 15.5 Å². The molecule has 2 amide bonds. The van der Waals surface area contributed by atoms with Crippen LogP contribution in [0.3, 0.4) is 0 Å². The van der Waals surface area contributed by atoms with Crippen LogP contribution in [-0.2, 0) is 14.3 Å². The van der Waals surface area contributed by atoms with Crippen LogP contribution in [0.2, 0.25) is 0 Å². The van der Waals surface area contributed by atoms with E-state index in [1.54, 1.807) is 23.1 Å². The molecule has 1 aliphatic rings. The molecule has 0 saturated carbocycles. The van der Waals surface area contributed by atoms with E-state index in [1.165, 1.54) is 0 Å². The Labute approximate surface area is 206 Å². The molecule has 1 saturated heterocycles. The summed E-state index contributed by atoms with van der Waals surface area (Å²) in [6.45, 7) is 9.90. The predicted molar refractivity (Wildman–Crippen MR) is 135 cm³/mol. The van der Waals surface area contributed by atoms with Gasteiger partial charge >= 0.3 is 5.97 Å². The molecule has 1 heterocycles. The molecule has 2 N–H and O–H groups in total. The molecule has 1 fully saturated rings. The number of piperazine rings is 1. The number of nitrogens with one attached hydrogen (secondary N) is 2. The monoisotopic (exact) mass is 482 g/mol. The molecule has 0 aromatic heterocycles. The first kappa shape index (κ1) is 26.0. The third kappa shape index (κ3) is 7.45. The standard InChI is InChI=1S/C26H34N4O5/c1-4-29(5-2)24(31)17-35-25(32)18-34-22-10-11-23(19(3)16-22)28-26(33)20-6-8-21(9-7-20)30-14-12-27-13-15-30/h6-11,16,27H,4-5,12-15,17-18H2,1-3H3,(H,28,33). The first-order chi connectivity index (χ1) is 16.9. The van der Waals surface area contributed by atoms with Crippen molar-refractivity contribution in [2.24, 2.45) is 0 Å². The quantitative estimate of drug-likeness (QED) is 0.502. The number of ether oxygens (including phenoxy) is 2. The SMILES string of the molecule is CCN(CC)C(=O)COC(=O)COc1ccc(NC(=O)c2ccc(N3CCNCC3)cc2)c(C)c1. The zero-order valence-corrected chi connectivity index (χ0v) is 20.6. The number of hydrogen-bond acceptors (Lipinski definition) is 7. The summed E-state index contributed by atoms with van der Waals surface area (Å²) in [5.41, 5.74) is 3.13. The Morgan fingerprint density at radius 1 is 1.00 bits per heavy atom. The highest BCUT2D eigenvalue weighted by atomic mass is 16.6. The highest BCUT2D eigenvalue weighted by Crippen LogP contribution is 2.23. The van der Waals surface area contributed by atoms with Crippen LogP contribution in [-0.4, -0.2) is 75.2 Å². The number of rotatable bonds is 10. The highest BCUT2D eigenvalue weighted by molar-refractivity contribution is 6.04. The number of amides is 2. The number of benzene rings is 2. The van der Waals surface area contributed by atoms with Gasteiger partial charge in [-0.25, -0.2) is 4.79 Å². The van der Waals surface area contributed by atoms with Crippen LogP contribution in [0.1, 0.15) is 29.8 Å². The van der Waals surface area contributed by atoms with Gasteiger partial charge in [0.15, 0.2) is 13.2 Å². The van der Waals surface area contributed by atoms with Crippen molar-refractivity contribution >= 4 is 29.2 Å². The van der Waals surface area contributed by atoms with Crippen LogP contribution >= 0.6 is 0 Å². The second-order valence-corrected chi connectivity index (χ2v) is 8.23. The van der Waals surface area contributed by atoms with E-state index in [9.17, 15) is 14.4 Å². The normalized spacial score (nSPS) is 13.2. The molecule has 3 rings (SSSR count). The fourth-order valence-corrected chi connectivity index (χ4v) is 3.80. The molecule has 0 unspecified atom stereocenters. The molecule has 0 radical (unpaired) electrons. The van der Waals surface area contributed by atoms with E-state index in [0.717, 1.165) is 37.4 Å². The van der Waals surface area contributed by atoms with Crippen molar-refractivity contribution in [2.75, 3.05) is 62.7 Å². The van der Waals surface area contributed by atoms with Gasteiger partial charge < -0.3 is 29.9 Å². The van der Waals surface area contributed by atoms with Crippen molar-refractivity contribution in [3.8, 4) is 5.75 Å². The molecule has 188 valence electrons. The Kier molecular flexibility index (Phi) is 9.48. The molecular weight excluding hydrogens is 448 g/mol. The van der Waals surface area contributed by atoms with Crippen molar-refractivity contribution in [3.63, 3.8) is 0 Å². The maximum Gasteiger partial charge on any atom is 0.344 e. The van der Waals surface area contributed by atoms with Gasteiger partial charge in [-0.15, -0.1) is 0 Å². The van der Waals surface area contributed by atoms with E-state index in [4.69, 9.17) is 9.47 Å². The fourth-order valence-electron chi connectivity index (χ4n) is 3.80. The minimum Gasteiger partial charge on any atom is -0.482 e. The topological polar surface area (TPSA) is 100 Å². The van der Waals surface area contributed by atoms with Gasteiger partial charge in [-0.3, -0.25) is 9.59 Å². The van der Waals surface area contributed by atoms with Crippen LogP contribution in [0.15, 0.2) is 42.5 Å². The van der Waals surface area contributed by atoms with Gasteiger partial charge in [0.1, 0.15) is 5.75 Å². The lowest BCUT2D eigenvalue weighted by Gasteiger charge is -2.29. The van der Waals surface area contributed by atoms with E-state index in [-0.39, 0.29) is 25.0 Å². The molecule has 2 aromatic carbocycles. The molecule has 1 aliphatic heterocycles. The number of hydrogen-bond donors (Lipinski definition) is 2. The molecule has 2 aromatic rings. The Bertz CT molecular complexity index is 1010. The van der Waals surface area contributed by atoms with Crippen LogP contribution in [0, 0.1) is 6.92 Å². The van der Waals surface area contributed by atoms with Crippen LogP contribution in [0.25, 0.3) is 0 Å². The first-order valence-electron chi connectivity index (χ1n) is 11.9. The van der Waals surface area contributed by atoms with Crippen LogP contribution < -0.4 is 20.3 Å².